The second-order valence-electron chi connectivity index (χ2n) is 3.80. The Balaban J connectivity index is 2.28. The first-order valence-corrected chi connectivity index (χ1v) is 5.95. The molecule has 1 amide bonds. The number of rotatable bonds is 9. The van der Waals surface area contributed by atoms with E-state index in [1.807, 2.05) is 24.3 Å². The van der Waals surface area contributed by atoms with Gasteiger partial charge in [0.2, 0.25) is 5.91 Å². The molecule has 5 heteroatoms. The van der Waals surface area contributed by atoms with Gasteiger partial charge < -0.3 is 20.5 Å². The quantitative estimate of drug-likeness (QED) is 0.495. The Hall–Kier alpha value is -2.03. The van der Waals surface area contributed by atoms with E-state index in [4.69, 9.17) is 21.6 Å². The summed E-state index contributed by atoms with van der Waals surface area (Å²) in [7, 11) is 0. The third kappa shape index (κ3) is 6.46. The molecule has 0 atom stereocenters. The van der Waals surface area contributed by atoms with E-state index in [2.05, 4.69) is 11.2 Å². The average Bonchev–Trinajstić information content (AvgIpc) is 2.41. The number of nitrogens with two attached hydrogens (primary N) is 1. The normalized spacial score (nSPS) is 9.84. The largest absolute Gasteiger partial charge is 0.481 e. The highest BCUT2D eigenvalue weighted by Gasteiger charge is 2.01. The highest BCUT2D eigenvalue weighted by molar-refractivity contribution is 5.74. The monoisotopic (exact) mass is 262 g/mol. The van der Waals surface area contributed by atoms with Crippen LogP contribution in [0, 0.1) is 12.3 Å². The van der Waals surface area contributed by atoms with Gasteiger partial charge >= 0.3 is 0 Å². The summed E-state index contributed by atoms with van der Waals surface area (Å²) in [5.41, 5.74) is 5.97. The minimum Gasteiger partial charge on any atom is -0.481 e. The molecule has 0 aromatic heterocycles. The summed E-state index contributed by atoms with van der Waals surface area (Å²) in [6, 6.07) is 7.66. The van der Waals surface area contributed by atoms with Crippen LogP contribution in [0.4, 0.5) is 0 Å². The fraction of sp³-hybridized carbons (Fsp3) is 0.357. The lowest BCUT2D eigenvalue weighted by Crippen LogP contribution is -2.23. The molecule has 5 nitrogen and oxygen atoms in total. The van der Waals surface area contributed by atoms with Crippen molar-refractivity contribution in [3.8, 4) is 18.1 Å². The molecular weight excluding hydrogens is 244 g/mol. The van der Waals surface area contributed by atoms with E-state index in [1.165, 1.54) is 0 Å². The number of terminal acetylenes is 1. The topological polar surface area (TPSA) is 73.6 Å². The average molecular weight is 262 g/mol. The Labute approximate surface area is 113 Å². The maximum atomic E-state index is 10.4. The summed E-state index contributed by atoms with van der Waals surface area (Å²) in [4.78, 5) is 10.4. The maximum Gasteiger partial charge on any atom is 0.243 e. The summed E-state index contributed by atoms with van der Waals surface area (Å²) in [6.45, 7) is 1.88. The van der Waals surface area contributed by atoms with Gasteiger partial charge in [0, 0.05) is 18.7 Å². The fourth-order valence-corrected chi connectivity index (χ4v) is 1.45. The maximum absolute atomic E-state index is 10.4. The fourth-order valence-electron chi connectivity index (χ4n) is 1.45. The number of nitrogens with one attached hydrogen (secondary N) is 1. The highest BCUT2D eigenvalue weighted by atomic mass is 16.5. The molecule has 0 heterocycles. The lowest BCUT2D eigenvalue weighted by Gasteiger charge is -2.10. The molecule has 0 bridgehead atoms. The van der Waals surface area contributed by atoms with Crippen LogP contribution in [0.25, 0.3) is 0 Å². The van der Waals surface area contributed by atoms with Gasteiger partial charge in [-0.15, -0.1) is 6.42 Å². The molecular formula is C14H18N2O3. The van der Waals surface area contributed by atoms with Crippen molar-refractivity contribution in [1.82, 2.24) is 5.32 Å². The molecule has 1 aromatic rings. The first kappa shape index (κ1) is 15.0. The summed E-state index contributed by atoms with van der Waals surface area (Å²) < 4.78 is 10.5. The van der Waals surface area contributed by atoms with Crippen LogP contribution in [-0.4, -0.2) is 32.3 Å². The summed E-state index contributed by atoms with van der Waals surface area (Å²) in [5.74, 6) is 2.74. The number of carbonyl (C=O) groups is 1. The van der Waals surface area contributed by atoms with Crippen molar-refractivity contribution in [2.75, 3.05) is 26.4 Å². The molecule has 3 N–H and O–H groups in total. The first-order chi connectivity index (χ1) is 9.24. The summed E-state index contributed by atoms with van der Waals surface area (Å²) in [6.07, 6.45) is 5.16. The number of primary amides is 1. The van der Waals surface area contributed by atoms with Crippen LogP contribution in [0.15, 0.2) is 24.3 Å². The van der Waals surface area contributed by atoms with Gasteiger partial charge in [0.1, 0.15) is 19.0 Å². The zero-order valence-electron chi connectivity index (χ0n) is 10.7. The van der Waals surface area contributed by atoms with Crippen molar-refractivity contribution in [1.29, 1.82) is 0 Å². The van der Waals surface area contributed by atoms with E-state index >= 15 is 0 Å². The van der Waals surface area contributed by atoms with E-state index in [9.17, 15) is 4.79 Å². The number of ether oxygens (including phenoxy) is 2. The molecule has 0 radical (unpaired) electrons. The van der Waals surface area contributed by atoms with Crippen LogP contribution in [0.3, 0.4) is 0 Å². The van der Waals surface area contributed by atoms with E-state index in [0.717, 1.165) is 11.3 Å². The molecule has 19 heavy (non-hydrogen) atoms. The molecule has 102 valence electrons. The van der Waals surface area contributed by atoms with Crippen LogP contribution < -0.4 is 15.8 Å². The number of para-hydroxylation sites is 1. The lowest BCUT2D eigenvalue weighted by atomic mass is 10.2. The second kappa shape index (κ2) is 8.97. The molecule has 0 fully saturated rings. The molecule has 0 spiro atoms. The van der Waals surface area contributed by atoms with E-state index in [-0.39, 0.29) is 13.2 Å². The molecule has 0 aliphatic rings. The number of hydrogen-bond donors (Lipinski definition) is 2. The Morgan fingerprint density at radius 2 is 2.21 bits per heavy atom. The van der Waals surface area contributed by atoms with Crippen molar-refractivity contribution >= 4 is 5.91 Å². The molecule has 0 saturated heterocycles. The Morgan fingerprint density at radius 1 is 1.42 bits per heavy atom. The minimum absolute atomic E-state index is 0.0520. The zero-order valence-corrected chi connectivity index (χ0v) is 10.7. The Bertz CT molecular complexity index is 441. The van der Waals surface area contributed by atoms with Gasteiger partial charge in [-0.1, -0.05) is 24.1 Å². The Kier molecular flexibility index (Phi) is 7.10. The van der Waals surface area contributed by atoms with Gasteiger partial charge in [0.15, 0.2) is 0 Å². The number of hydrogen-bond acceptors (Lipinski definition) is 4. The summed E-state index contributed by atoms with van der Waals surface area (Å²) in [5, 5.41) is 3.18. The lowest BCUT2D eigenvalue weighted by molar-refractivity contribution is -0.122. The van der Waals surface area contributed by atoms with Gasteiger partial charge in [-0.3, -0.25) is 4.79 Å². The number of amides is 1. The predicted octanol–water partition coefficient (Wildman–Crippen LogP) is 0.290. The van der Waals surface area contributed by atoms with Crippen molar-refractivity contribution in [2.24, 2.45) is 5.73 Å². The zero-order chi connectivity index (χ0) is 13.9. The molecule has 0 saturated carbocycles. The number of benzene rings is 1. The van der Waals surface area contributed by atoms with Gasteiger partial charge in [0.25, 0.3) is 0 Å². The van der Waals surface area contributed by atoms with Gasteiger partial charge in [-0.2, -0.15) is 0 Å². The van der Waals surface area contributed by atoms with Crippen LogP contribution in [0.5, 0.6) is 5.75 Å². The minimum atomic E-state index is -0.465. The predicted molar refractivity (Wildman–Crippen MR) is 72.5 cm³/mol. The SMILES string of the molecule is C#CCOc1ccccc1CNCCOCC(N)=O. The van der Waals surface area contributed by atoms with E-state index in [1.54, 1.807) is 0 Å². The standard InChI is InChI=1S/C14H18N2O3/c1-2-8-19-13-6-4-3-5-12(13)10-16-7-9-18-11-14(15)17/h1,3-6,16H,7-11H2,(H2,15,17). The molecule has 1 rings (SSSR count). The van der Waals surface area contributed by atoms with Crippen LogP contribution >= 0.6 is 0 Å². The van der Waals surface area contributed by atoms with Crippen LogP contribution in [-0.2, 0) is 16.1 Å². The molecule has 0 unspecified atom stereocenters. The third-order valence-electron chi connectivity index (χ3n) is 2.27. The van der Waals surface area contributed by atoms with Gasteiger partial charge in [-0.05, 0) is 6.07 Å². The molecule has 0 aliphatic carbocycles. The van der Waals surface area contributed by atoms with Crippen molar-refractivity contribution in [3.63, 3.8) is 0 Å². The second-order valence-corrected chi connectivity index (χ2v) is 3.80. The van der Waals surface area contributed by atoms with E-state index < -0.39 is 5.91 Å². The van der Waals surface area contributed by atoms with Crippen molar-refractivity contribution < 1.29 is 14.3 Å². The molecule has 1 aromatic carbocycles. The van der Waals surface area contributed by atoms with E-state index in [0.29, 0.717) is 19.7 Å². The van der Waals surface area contributed by atoms with Crippen LogP contribution in [0.1, 0.15) is 5.56 Å². The molecule has 0 aliphatic heterocycles. The third-order valence-corrected chi connectivity index (χ3v) is 2.27. The van der Waals surface area contributed by atoms with Crippen molar-refractivity contribution in [2.45, 2.75) is 6.54 Å². The van der Waals surface area contributed by atoms with Crippen molar-refractivity contribution in [3.05, 3.63) is 29.8 Å². The smallest absolute Gasteiger partial charge is 0.243 e. The Morgan fingerprint density at radius 3 is 2.95 bits per heavy atom. The summed E-state index contributed by atoms with van der Waals surface area (Å²) >= 11 is 0. The van der Waals surface area contributed by atoms with Gasteiger partial charge in [-0.25, -0.2) is 0 Å². The highest BCUT2D eigenvalue weighted by Crippen LogP contribution is 2.17. The first-order valence-electron chi connectivity index (χ1n) is 5.95. The van der Waals surface area contributed by atoms with Crippen LogP contribution in [0.2, 0.25) is 0 Å². The number of carbonyl (C=O) groups excluding carboxylic acids is 1. The van der Waals surface area contributed by atoms with Gasteiger partial charge in [0.05, 0.1) is 6.61 Å².